The number of rotatable bonds is 6. The molecule has 4 rings (SSSR count). The highest BCUT2D eigenvalue weighted by Gasteiger charge is 2.30. The highest BCUT2D eigenvalue weighted by atomic mass is 32.2. The van der Waals surface area contributed by atoms with Crippen LogP contribution in [0.5, 0.6) is 0 Å². The second-order valence-electron chi connectivity index (χ2n) is 8.04. The molecule has 0 saturated carbocycles. The summed E-state index contributed by atoms with van der Waals surface area (Å²) in [6.45, 7) is 4.28. The molecule has 2 aromatic rings. The third kappa shape index (κ3) is 4.45. The molecule has 0 aromatic heterocycles. The number of fused-ring (bicyclic) bond motifs is 1. The molecule has 1 saturated heterocycles. The van der Waals surface area contributed by atoms with Crippen molar-refractivity contribution < 1.29 is 17.6 Å². The van der Waals surface area contributed by atoms with E-state index in [-0.39, 0.29) is 18.3 Å². The first-order valence-corrected chi connectivity index (χ1v) is 12.3. The van der Waals surface area contributed by atoms with Gasteiger partial charge in [-0.05, 0) is 68.1 Å². The quantitative estimate of drug-likeness (QED) is 0.684. The normalized spacial score (nSPS) is 16.9. The number of carbonyl (C=O) groups is 1. The van der Waals surface area contributed by atoms with E-state index in [2.05, 4.69) is 0 Å². The highest BCUT2D eigenvalue weighted by Crippen LogP contribution is 2.32. The van der Waals surface area contributed by atoms with Crippen LogP contribution in [0.3, 0.4) is 0 Å². The summed E-state index contributed by atoms with van der Waals surface area (Å²) in [5.74, 6) is -0.422. The molecule has 0 atom stereocenters. The van der Waals surface area contributed by atoms with Gasteiger partial charge in [-0.1, -0.05) is 12.5 Å². The van der Waals surface area contributed by atoms with Crippen molar-refractivity contribution in [1.82, 2.24) is 4.31 Å². The first-order valence-electron chi connectivity index (χ1n) is 10.8. The Balaban J connectivity index is 1.51. The Labute approximate surface area is 183 Å². The van der Waals surface area contributed by atoms with Crippen LogP contribution in [0.1, 0.15) is 31.7 Å². The van der Waals surface area contributed by atoms with Crippen molar-refractivity contribution in [2.75, 3.05) is 42.5 Å². The van der Waals surface area contributed by atoms with Gasteiger partial charge in [-0.2, -0.15) is 4.31 Å². The predicted octanol–water partition coefficient (Wildman–Crippen LogP) is 3.42. The number of likely N-dealkylation sites (N-methyl/N-ethyl adjacent to an activating group) is 1. The Hall–Kier alpha value is -2.45. The zero-order valence-corrected chi connectivity index (χ0v) is 18.6. The molecular weight excluding hydrogens is 417 g/mol. The SMILES string of the molecule is CCN(CC(=O)N1CCc2cc(S(=O)(=O)N3CCCCC3)ccc21)c1cccc(F)c1. The van der Waals surface area contributed by atoms with Crippen LogP contribution >= 0.6 is 0 Å². The van der Waals surface area contributed by atoms with E-state index in [4.69, 9.17) is 0 Å². The second kappa shape index (κ2) is 8.96. The zero-order valence-electron chi connectivity index (χ0n) is 17.8. The van der Waals surface area contributed by atoms with Crippen LogP contribution < -0.4 is 9.80 Å². The molecule has 2 aromatic carbocycles. The minimum Gasteiger partial charge on any atom is -0.362 e. The van der Waals surface area contributed by atoms with Crippen LogP contribution in [0, 0.1) is 5.82 Å². The summed E-state index contributed by atoms with van der Waals surface area (Å²) < 4.78 is 41.1. The van der Waals surface area contributed by atoms with Crippen molar-refractivity contribution in [3.05, 3.63) is 53.8 Å². The molecule has 1 fully saturated rings. The van der Waals surface area contributed by atoms with E-state index in [1.165, 1.54) is 12.1 Å². The molecule has 2 aliphatic rings. The summed E-state index contributed by atoms with van der Waals surface area (Å²) in [6, 6.07) is 11.3. The molecule has 0 unspecified atom stereocenters. The van der Waals surface area contributed by atoms with E-state index < -0.39 is 10.0 Å². The predicted molar refractivity (Wildman–Crippen MR) is 119 cm³/mol. The molecule has 31 heavy (non-hydrogen) atoms. The average Bonchev–Trinajstić information content (AvgIpc) is 3.21. The molecule has 0 bridgehead atoms. The number of nitrogens with zero attached hydrogens (tertiary/aromatic N) is 3. The standard InChI is InChI=1S/C23H28FN3O3S/c1-2-25(20-8-6-7-19(24)16-20)17-23(28)27-14-11-18-15-21(9-10-22(18)27)31(29,30)26-12-4-3-5-13-26/h6-10,15-16H,2-5,11-14,17H2,1H3. The maximum Gasteiger partial charge on any atom is 0.246 e. The molecule has 2 heterocycles. The van der Waals surface area contributed by atoms with Crippen LogP contribution in [-0.2, 0) is 21.2 Å². The number of carbonyl (C=O) groups excluding carboxylic acids is 1. The molecule has 1 amide bonds. The Bertz CT molecular complexity index is 1070. The lowest BCUT2D eigenvalue weighted by molar-refractivity contribution is -0.117. The number of anilines is 2. The Kier molecular flexibility index (Phi) is 6.29. The number of hydrogen-bond acceptors (Lipinski definition) is 4. The highest BCUT2D eigenvalue weighted by molar-refractivity contribution is 7.89. The molecule has 0 spiro atoms. The first-order chi connectivity index (χ1) is 14.9. The summed E-state index contributed by atoms with van der Waals surface area (Å²) in [4.78, 5) is 16.9. The van der Waals surface area contributed by atoms with Crippen LogP contribution in [0.25, 0.3) is 0 Å². The van der Waals surface area contributed by atoms with Gasteiger partial charge < -0.3 is 9.80 Å². The molecule has 2 aliphatic heterocycles. The Morgan fingerprint density at radius 2 is 1.84 bits per heavy atom. The van der Waals surface area contributed by atoms with Crippen LogP contribution in [0.4, 0.5) is 15.8 Å². The first kappa shape index (κ1) is 21.8. The van der Waals surface area contributed by atoms with Gasteiger partial charge in [0.1, 0.15) is 5.82 Å². The third-order valence-electron chi connectivity index (χ3n) is 6.08. The Morgan fingerprint density at radius 1 is 1.06 bits per heavy atom. The second-order valence-corrected chi connectivity index (χ2v) is 9.98. The summed E-state index contributed by atoms with van der Waals surface area (Å²) >= 11 is 0. The van der Waals surface area contributed by atoms with Gasteiger partial charge in [0.25, 0.3) is 0 Å². The van der Waals surface area contributed by atoms with Crippen LogP contribution in [0.15, 0.2) is 47.4 Å². The summed E-state index contributed by atoms with van der Waals surface area (Å²) in [5.41, 5.74) is 2.30. The molecule has 8 heteroatoms. The molecule has 0 radical (unpaired) electrons. The van der Waals surface area contributed by atoms with Crippen molar-refractivity contribution >= 4 is 27.3 Å². The molecular formula is C23H28FN3O3S. The van der Waals surface area contributed by atoms with Gasteiger partial charge in [0.05, 0.1) is 11.4 Å². The molecule has 6 nitrogen and oxygen atoms in total. The van der Waals surface area contributed by atoms with Gasteiger partial charge in [-0.25, -0.2) is 12.8 Å². The van der Waals surface area contributed by atoms with Gasteiger partial charge in [0, 0.05) is 37.6 Å². The minimum atomic E-state index is -3.50. The van der Waals surface area contributed by atoms with E-state index >= 15 is 0 Å². The van der Waals surface area contributed by atoms with Gasteiger partial charge in [-0.3, -0.25) is 4.79 Å². The molecule has 0 N–H and O–H groups in total. The largest absolute Gasteiger partial charge is 0.362 e. The maximum atomic E-state index is 13.6. The maximum absolute atomic E-state index is 13.6. The van der Waals surface area contributed by atoms with Gasteiger partial charge in [0.2, 0.25) is 15.9 Å². The third-order valence-corrected chi connectivity index (χ3v) is 7.98. The number of amides is 1. The lowest BCUT2D eigenvalue weighted by atomic mass is 10.2. The molecule has 0 aliphatic carbocycles. The van der Waals surface area contributed by atoms with Crippen LogP contribution in [0.2, 0.25) is 0 Å². The monoisotopic (exact) mass is 445 g/mol. The minimum absolute atomic E-state index is 0.0866. The van der Waals surface area contributed by atoms with E-state index in [0.29, 0.717) is 43.2 Å². The smallest absolute Gasteiger partial charge is 0.246 e. The summed E-state index contributed by atoms with van der Waals surface area (Å²) in [5, 5.41) is 0. The van der Waals surface area contributed by atoms with Crippen molar-refractivity contribution in [2.24, 2.45) is 0 Å². The number of sulfonamides is 1. The number of hydrogen-bond donors (Lipinski definition) is 0. The van der Waals surface area contributed by atoms with E-state index in [9.17, 15) is 17.6 Å². The number of benzene rings is 2. The van der Waals surface area contributed by atoms with Gasteiger partial charge >= 0.3 is 0 Å². The van der Waals surface area contributed by atoms with E-state index in [0.717, 1.165) is 30.5 Å². The van der Waals surface area contributed by atoms with Gasteiger partial charge in [-0.15, -0.1) is 0 Å². The number of halogens is 1. The fourth-order valence-electron chi connectivity index (χ4n) is 4.36. The average molecular weight is 446 g/mol. The van der Waals surface area contributed by atoms with Crippen molar-refractivity contribution in [1.29, 1.82) is 0 Å². The van der Waals surface area contributed by atoms with Crippen molar-refractivity contribution in [2.45, 2.75) is 37.5 Å². The topological polar surface area (TPSA) is 60.9 Å². The van der Waals surface area contributed by atoms with Crippen LogP contribution in [-0.4, -0.2) is 51.4 Å². The van der Waals surface area contributed by atoms with Crippen molar-refractivity contribution in [3.8, 4) is 0 Å². The summed E-state index contributed by atoms with van der Waals surface area (Å²) in [6.07, 6.45) is 3.48. The van der Waals surface area contributed by atoms with E-state index in [1.54, 1.807) is 39.5 Å². The fourth-order valence-corrected chi connectivity index (χ4v) is 5.93. The van der Waals surface area contributed by atoms with Gasteiger partial charge in [0.15, 0.2) is 0 Å². The lowest BCUT2D eigenvalue weighted by Gasteiger charge is -2.27. The summed E-state index contributed by atoms with van der Waals surface area (Å²) in [7, 11) is -3.50. The zero-order chi connectivity index (χ0) is 22.0. The Morgan fingerprint density at radius 3 is 2.55 bits per heavy atom. The lowest BCUT2D eigenvalue weighted by Crippen LogP contribution is -2.39. The molecule has 166 valence electrons. The fraction of sp³-hybridized carbons (Fsp3) is 0.435. The number of piperidine rings is 1. The van der Waals surface area contributed by atoms with Crippen molar-refractivity contribution in [3.63, 3.8) is 0 Å². The van der Waals surface area contributed by atoms with E-state index in [1.807, 2.05) is 11.8 Å².